The maximum atomic E-state index is 13.4. The van der Waals surface area contributed by atoms with E-state index in [1.54, 1.807) is 24.3 Å². The lowest BCUT2D eigenvalue weighted by molar-refractivity contribution is -0.137. The summed E-state index contributed by atoms with van der Waals surface area (Å²) in [6, 6.07) is 12.6. The van der Waals surface area contributed by atoms with Crippen molar-refractivity contribution in [2.45, 2.75) is 13.1 Å². The second-order valence-electron chi connectivity index (χ2n) is 7.08. The molecule has 0 spiro atoms. The predicted octanol–water partition coefficient (Wildman–Crippen LogP) is 3.12. The standard InChI is InChI=1S/C22H16F3N5O3/c1-12-10-18(31)19(29-30(12)17-9-5-3-7-15(17)22(23,24)25)21(33)28-27-20(32)14-11-26-16-8-4-2-6-13(14)16/h2-11,26H,1H3,(H,27,32)(H,28,33). The van der Waals surface area contributed by atoms with Gasteiger partial charge in [0.25, 0.3) is 11.8 Å². The summed E-state index contributed by atoms with van der Waals surface area (Å²) in [7, 11) is 0. The van der Waals surface area contributed by atoms with E-state index in [9.17, 15) is 27.6 Å². The smallest absolute Gasteiger partial charge is 0.360 e. The van der Waals surface area contributed by atoms with Gasteiger partial charge in [-0.25, -0.2) is 4.68 Å². The van der Waals surface area contributed by atoms with E-state index in [2.05, 4.69) is 20.9 Å². The molecule has 11 heteroatoms. The molecule has 0 saturated heterocycles. The number of H-pyrrole nitrogens is 1. The summed E-state index contributed by atoms with van der Waals surface area (Å²) in [4.78, 5) is 40.2. The Kier molecular flexibility index (Phi) is 5.46. The molecule has 168 valence electrons. The number of carbonyl (C=O) groups excluding carboxylic acids is 2. The van der Waals surface area contributed by atoms with Gasteiger partial charge in [0.15, 0.2) is 5.69 Å². The maximum absolute atomic E-state index is 13.4. The molecule has 0 bridgehead atoms. The summed E-state index contributed by atoms with van der Waals surface area (Å²) in [6.07, 6.45) is -3.22. The number of nitrogens with one attached hydrogen (secondary N) is 3. The number of para-hydroxylation sites is 2. The molecule has 0 aliphatic rings. The van der Waals surface area contributed by atoms with Crippen molar-refractivity contribution in [1.82, 2.24) is 25.6 Å². The third-order valence-corrected chi connectivity index (χ3v) is 4.88. The van der Waals surface area contributed by atoms with Gasteiger partial charge in [-0.1, -0.05) is 30.3 Å². The minimum atomic E-state index is -4.68. The first kappa shape index (κ1) is 21.8. The van der Waals surface area contributed by atoms with Crippen molar-refractivity contribution >= 4 is 22.7 Å². The van der Waals surface area contributed by atoms with Crippen molar-refractivity contribution in [1.29, 1.82) is 0 Å². The topological polar surface area (TPSA) is 109 Å². The zero-order chi connectivity index (χ0) is 23.8. The molecule has 8 nitrogen and oxygen atoms in total. The molecule has 4 aromatic rings. The van der Waals surface area contributed by atoms with Crippen molar-refractivity contribution in [3.8, 4) is 5.69 Å². The van der Waals surface area contributed by atoms with E-state index in [4.69, 9.17) is 0 Å². The lowest BCUT2D eigenvalue weighted by atomic mass is 10.1. The Balaban J connectivity index is 1.62. The van der Waals surface area contributed by atoms with Crippen LogP contribution in [-0.2, 0) is 6.18 Å². The molecule has 0 radical (unpaired) electrons. The average Bonchev–Trinajstić information content (AvgIpc) is 3.21. The Morgan fingerprint density at radius 3 is 2.42 bits per heavy atom. The number of aromatic nitrogens is 3. The third-order valence-electron chi connectivity index (χ3n) is 4.88. The fourth-order valence-electron chi connectivity index (χ4n) is 3.35. The second-order valence-corrected chi connectivity index (χ2v) is 7.08. The minimum Gasteiger partial charge on any atom is -0.360 e. The first-order valence-electron chi connectivity index (χ1n) is 9.61. The highest BCUT2D eigenvalue weighted by Gasteiger charge is 2.34. The summed E-state index contributed by atoms with van der Waals surface area (Å²) in [5, 5.41) is 4.46. The van der Waals surface area contributed by atoms with Gasteiger partial charge < -0.3 is 4.98 Å². The van der Waals surface area contributed by atoms with Gasteiger partial charge in [0.2, 0.25) is 5.43 Å². The first-order valence-corrected chi connectivity index (χ1v) is 9.61. The van der Waals surface area contributed by atoms with Crippen molar-refractivity contribution in [3.63, 3.8) is 0 Å². The van der Waals surface area contributed by atoms with Gasteiger partial charge in [0.1, 0.15) is 0 Å². The van der Waals surface area contributed by atoms with Crippen molar-refractivity contribution in [2.24, 2.45) is 0 Å². The van der Waals surface area contributed by atoms with E-state index < -0.39 is 34.7 Å². The Morgan fingerprint density at radius 1 is 1.00 bits per heavy atom. The summed E-state index contributed by atoms with van der Waals surface area (Å²) in [5.74, 6) is -1.73. The van der Waals surface area contributed by atoms with E-state index in [0.717, 1.165) is 16.8 Å². The fourth-order valence-corrected chi connectivity index (χ4v) is 3.35. The van der Waals surface area contributed by atoms with Crippen LogP contribution in [0.15, 0.2) is 65.6 Å². The number of fused-ring (bicyclic) bond motifs is 1. The highest BCUT2D eigenvalue weighted by molar-refractivity contribution is 6.07. The zero-order valence-corrected chi connectivity index (χ0v) is 17.0. The summed E-state index contributed by atoms with van der Waals surface area (Å²) in [5.41, 5.74) is 2.49. The molecular weight excluding hydrogens is 439 g/mol. The summed E-state index contributed by atoms with van der Waals surface area (Å²) >= 11 is 0. The number of hydrogen-bond donors (Lipinski definition) is 3. The third kappa shape index (κ3) is 4.20. The molecule has 0 aliphatic carbocycles. The van der Waals surface area contributed by atoms with Crippen LogP contribution in [0.25, 0.3) is 16.6 Å². The normalized spacial score (nSPS) is 11.4. The van der Waals surface area contributed by atoms with Crippen LogP contribution >= 0.6 is 0 Å². The van der Waals surface area contributed by atoms with Crippen LogP contribution in [0.1, 0.15) is 32.1 Å². The molecule has 0 atom stereocenters. The van der Waals surface area contributed by atoms with Gasteiger partial charge in [0.05, 0.1) is 16.8 Å². The average molecular weight is 455 g/mol. The number of rotatable bonds is 3. The Hall–Kier alpha value is -4.41. The number of aryl methyl sites for hydroxylation is 1. The van der Waals surface area contributed by atoms with E-state index in [0.29, 0.717) is 10.9 Å². The van der Waals surface area contributed by atoms with Gasteiger partial charge >= 0.3 is 6.18 Å². The van der Waals surface area contributed by atoms with Gasteiger partial charge in [-0.05, 0) is 25.1 Å². The number of carbonyl (C=O) groups is 2. The van der Waals surface area contributed by atoms with Crippen LogP contribution in [0.2, 0.25) is 0 Å². The molecule has 0 saturated carbocycles. The molecule has 2 heterocycles. The molecule has 2 aromatic heterocycles. The van der Waals surface area contributed by atoms with E-state index in [-0.39, 0.29) is 16.9 Å². The monoisotopic (exact) mass is 455 g/mol. The number of alkyl halides is 3. The maximum Gasteiger partial charge on any atom is 0.418 e. The van der Waals surface area contributed by atoms with Gasteiger partial charge in [-0.15, -0.1) is 0 Å². The van der Waals surface area contributed by atoms with Crippen LogP contribution in [-0.4, -0.2) is 26.6 Å². The van der Waals surface area contributed by atoms with E-state index in [1.807, 2.05) is 0 Å². The van der Waals surface area contributed by atoms with Crippen LogP contribution < -0.4 is 16.3 Å². The number of benzene rings is 2. The SMILES string of the molecule is Cc1cc(=O)c(C(=O)NNC(=O)c2c[nH]c3ccccc23)nn1-c1ccccc1C(F)(F)F. The highest BCUT2D eigenvalue weighted by atomic mass is 19.4. The lowest BCUT2D eigenvalue weighted by Crippen LogP contribution is -2.44. The molecule has 0 unspecified atom stereocenters. The highest BCUT2D eigenvalue weighted by Crippen LogP contribution is 2.33. The number of amides is 2. The molecule has 0 aliphatic heterocycles. The Bertz CT molecular complexity index is 1440. The van der Waals surface area contributed by atoms with Crippen LogP contribution in [0, 0.1) is 6.92 Å². The number of hydrazine groups is 1. The van der Waals surface area contributed by atoms with Gasteiger partial charge in [-0.3, -0.25) is 25.2 Å². The molecule has 2 amide bonds. The largest absolute Gasteiger partial charge is 0.418 e. The Labute approximate surface area is 184 Å². The number of aromatic amines is 1. The molecule has 3 N–H and O–H groups in total. The van der Waals surface area contributed by atoms with E-state index in [1.165, 1.54) is 31.3 Å². The summed E-state index contributed by atoms with van der Waals surface area (Å²) in [6.45, 7) is 1.39. The van der Waals surface area contributed by atoms with Crippen LogP contribution in [0.3, 0.4) is 0 Å². The quantitative estimate of drug-likeness (QED) is 0.413. The summed E-state index contributed by atoms with van der Waals surface area (Å²) < 4.78 is 41.1. The molecule has 0 fully saturated rings. The van der Waals surface area contributed by atoms with E-state index >= 15 is 0 Å². The zero-order valence-electron chi connectivity index (χ0n) is 17.0. The Morgan fingerprint density at radius 2 is 1.67 bits per heavy atom. The molecule has 4 rings (SSSR count). The number of nitrogens with zero attached hydrogens (tertiary/aromatic N) is 2. The van der Waals surface area contributed by atoms with Gasteiger partial charge in [-0.2, -0.15) is 18.3 Å². The fraction of sp³-hybridized carbons (Fsp3) is 0.0909. The van der Waals surface area contributed by atoms with Crippen molar-refractivity contribution in [2.75, 3.05) is 0 Å². The number of hydrogen-bond acceptors (Lipinski definition) is 4. The van der Waals surface area contributed by atoms with Crippen molar-refractivity contribution in [3.05, 3.63) is 93.5 Å². The lowest BCUT2D eigenvalue weighted by Gasteiger charge is -2.16. The minimum absolute atomic E-state index is 0.0936. The molecule has 2 aromatic carbocycles. The first-order chi connectivity index (χ1) is 15.7. The van der Waals surface area contributed by atoms with Crippen LogP contribution in [0.5, 0.6) is 0 Å². The number of halogens is 3. The van der Waals surface area contributed by atoms with Gasteiger partial charge in [0, 0.05) is 28.9 Å². The second kappa shape index (κ2) is 8.26. The molecule has 33 heavy (non-hydrogen) atoms. The van der Waals surface area contributed by atoms with Crippen molar-refractivity contribution < 1.29 is 22.8 Å². The molecular formula is C22H16F3N5O3. The predicted molar refractivity (Wildman–Crippen MR) is 113 cm³/mol. The van der Waals surface area contributed by atoms with Crippen LogP contribution in [0.4, 0.5) is 13.2 Å².